The summed E-state index contributed by atoms with van der Waals surface area (Å²) in [4.78, 5) is 40.4. The summed E-state index contributed by atoms with van der Waals surface area (Å²) in [6, 6.07) is 9.78. The second-order valence-corrected chi connectivity index (χ2v) is 8.34. The Morgan fingerprint density at radius 2 is 1.86 bits per heavy atom. The van der Waals surface area contributed by atoms with E-state index in [0.29, 0.717) is 16.6 Å². The van der Waals surface area contributed by atoms with Gasteiger partial charge in [-0.05, 0) is 50.2 Å². The Kier molecular flexibility index (Phi) is 5.67. The maximum atomic E-state index is 13.3. The average molecular weight is 413 g/mol. The van der Waals surface area contributed by atoms with Gasteiger partial charge in [0.15, 0.2) is 0 Å². The van der Waals surface area contributed by atoms with Crippen molar-refractivity contribution in [3.8, 4) is 0 Å². The Balaban J connectivity index is 1.84. The first-order chi connectivity index (χ1) is 14.1. The number of benzene rings is 1. The van der Waals surface area contributed by atoms with Crippen LogP contribution in [0.1, 0.15) is 35.8 Å². The van der Waals surface area contributed by atoms with Crippen LogP contribution in [0.15, 0.2) is 39.9 Å². The summed E-state index contributed by atoms with van der Waals surface area (Å²) in [5.74, 6) is -0.462. The van der Waals surface area contributed by atoms with Crippen molar-refractivity contribution in [2.45, 2.75) is 52.1 Å². The monoisotopic (exact) mass is 412 g/mol. The molecular weight excluding hydrogens is 388 g/mol. The molecule has 0 amide bonds. The molecule has 0 radical (unpaired) electrons. The van der Waals surface area contributed by atoms with E-state index < -0.39 is 11.7 Å². The number of esters is 1. The molecule has 7 heteroatoms. The molecule has 6 nitrogen and oxygen atoms in total. The van der Waals surface area contributed by atoms with E-state index in [-0.39, 0.29) is 25.3 Å². The van der Waals surface area contributed by atoms with Crippen LogP contribution >= 0.6 is 11.3 Å². The third kappa shape index (κ3) is 3.79. The molecule has 2 heterocycles. The number of thiophene rings is 1. The molecule has 0 fully saturated rings. The predicted octanol–water partition coefficient (Wildman–Crippen LogP) is 2.91. The van der Waals surface area contributed by atoms with Gasteiger partial charge < -0.3 is 4.74 Å². The van der Waals surface area contributed by atoms with Crippen molar-refractivity contribution in [2.24, 2.45) is 0 Å². The molecule has 3 aromatic rings. The summed E-state index contributed by atoms with van der Waals surface area (Å²) in [7, 11) is 0. The fourth-order valence-electron chi connectivity index (χ4n) is 3.97. The van der Waals surface area contributed by atoms with Gasteiger partial charge in [-0.25, -0.2) is 4.79 Å². The zero-order valence-electron chi connectivity index (χ0n) is 16.5. The van der Waals surface area contributed by atoms with Crippen LogP contribution < -0.4 is 11.2 Å². The van der Waals surface area contributed by atoms with Gasteiger partial charge in [-0.15, -0.1) is 11.3 Å². The summed E-state index contributed by atoms with van der Waals surface area (Å²) in [5, 5.41) is 0.613. The number of hydrogen-bond donors (Lipinski definition) is 0. The van der Waals surface area contributed by atoms with E-state index in [0.717, 1.165) is 36.8 Å². The fraction of sp³-hybridized carbons (Fsp3) is 0.409. The second-order valence-electron chi connectivity index (χ2n) is 7.26. The number of rotatable bonds is 6. The molecule has 0 saturated carbocycles. The van der Waals surface area contributed by atoms with Crippen LogP contribution in [0.5, 0.6) is 0 Å². The zero-order valence-corrected chi connectivity index (χ0v) is 17.3. The average Bonchev–Trinajstić information content (AvgIpc) is 3.12. The van der Waals surface area contributed by atoms with Gasteiger partial charge >= 0.3 is 11.7 Å². The van der Waals surface area contributed by atoms with Gasteiger partial charge in [0.2, 0.25) is 0 Å². The maximum absolute atomic E-state index is 13.3. The summed E-state index contributed by atoms with van der Waals surface area (Å²) in [6.07, 6.45) is 4.48. The van der Waals surface area contributed by atoms with E-state index >= 15 is 0 Å². The van der Waals surface area contributed by atoms with Crippen LogP contribution in [0, 0.1) is 0 Å². The first-order valence-electron chi connectivity index (χ1n) is 10.1. The SMILES string of the molecule is CCOC(=O)Cn1c(=O)n(CCc2ccccc2)c(=O)c2c3c(sc21)CCCC3. The van der Waals surface area contributed by atoms with Crippen LogP contribution in [-0.4, -0.2) is 21.7 Å². The van der Waals surface area contributed by atoms with Gasteiger partial charge in [-0.3, -0.25) is 18.7 Å². The number of carbonyl (C=O) groups is 1. The first kappa shape index (κ1) is 19.6. The topological polar surface area (TPSA) is 70.3 Å². The standard InChI is InChI=1S/C22H24N2O4S/c1-2-28-18(25)14-24-21-19(16-10-6-7-11-17(16)29-21)20(26)23(22(24)27)13-12-15-8-4-3-5-9-15/h3-5,8-9H,2,6-7,10-14H2,1H3. The lowest BCUT2D eigenvalue weighted by Gasteiger charge is -2.13. The van der Waals surface area contributed by atoms with Crippen molar-refractivity contribution in [3.63, 3.8) is 0 Å². The zero-order chi connectivity index (χ0) is 20.4. The molecule has 152 valence electrons. The van der Waals surface area contributed by atoms with Crippen LogP contribution in [-0.2, 0) is 41.9 Å². The number of hydrogen-bond acceptors (Lipinski definition) is 5. The van der Waals surface area contributed by atoms with E-state index in [1.807, 2.05) is 30.3 Å². The lowest BCUT2D eigenvalue weighted by molar-refractivity contribution is -0.143. The molecule has 0 aliphatic heterocycles. The molecular formula is C22H24N2O4S. The Morgan fingerprint density at radius 1 is 1.10 bits per heavy atom. The smallest absolute Gasteiger partial charge is 0.332 e. The Bertz CT molecular complexity index is 1160. The summed E-state index contributed by atoms with van der Waals surface area (Å²) < 4.78 is 7.79. The normalized spacial score (nSPS) is 13.4. The van der Waals surface area contributed by atoms with E-state index in [9.17, 15) is 14.4 Å². The second kappa shape index (κ2) is 8.37. The number of carbonyl (C=O) groups excluding carboxylic acids is 1. The fourth-order valence-corrected chi connectivity index (χ4v) is 5.35. The predicted molar refractivity (Wildman–Crippen MR) is 114 cm³/mol. The van der Waals surface area contributed by atoms with Gasteiger partial charge in [-0.2, -0.15) is 0 Å². The van der Waals surface area contributed by atoms with E-state index in [2.05, 4.69) is 0 Å². The molecule has 0 saturated heterocycles. The third-order valence-electron chi connectivity index (χ3n) is 5.38. The number of aromatic nitrogens is 2. The molecule has 1 aliphatic carbocycles. The van der Waals surface area contributed by atoms with Crippen LogP contribution in [0.25, 0.3) is 10.2 Å². The molecule has 0 N–H and O–H groups in total. The first-order valence-corrected chi connectivity index (χ1v) is 10.9. The van der Waals surface area contributed by atoms with Crippen LogP contribution in [0.3, 0.4) is 0 Å². The van der Waals surface area contributed by atoms with Crippen LogP contribution in [0.2, 0.25) is 0 Å². The molecule has 0 unspecified atom stereocenters. The van der Waals surface area contributed by atoms with Gasteiger partial charge in [0, 0.05) is 11.4 Å². The van der Waals surface area contributed by atoms with Crippen molar-refractivity contribution in [2.75, 3.05) is 6.61 Å². The van der Waals surface area contributed by atoms with Crippen LogP contribution in [0.4, 0.5) is 0 Å². The molecule has 0 atom stereocenters. The molecule has 4 rings (SSSR count). The summed E-state index contributed by atoms with van der Waals surface area (Å²) in [5.41, 5.74) is 1.45. The molecule has 0 bridgehead atoms. The Morgan fingerprint density at radius 3 is 2.62 bits per heavy atom. The third-order valence-corrected chi connectivity index (χ3v) is 6.69. The highest BCUT2D eigenvalue weighted by Crippen LogP contribution is 2.34. The van der Waals surface area contributed by atoms with E-state index in [1.54, 1.807) is 6.92 Å². The quantitative estimate of drug-likeness (QED) is 0.584. The van der Waals surface area contributed by atoms with Crippen molar-refractivity contribution in [1.29, 1.82) is 0 Å². The summed E-state index contributed by atoms with van der Waals surface area (Å²) in [6.45, 7) is 2.10. The summed E-state index contributed by atoms with van der Waals surface area (Å²) >= 11 is 1.48. The molecule has 0 spiro atoms. The molecule has 1 aliphatic rings. The highest BCUT2D eigenvalue weighted by molar-refractivity contribution is 7.18. The van der Waals surface area contributed by atoms with Crippen molar-refractivity contribution >= 4 is 27.5 Å². The van der Waals surface area contributed by atoms with Gasteiger partial charge in [0.25, 0.3) is 5.56 Å². The minimum absolute atomic E-state index is 0.172. The number of aryl methyl sites for hydroxylation is 3. The minimum Gasteiger partial charge on any atom is -0.465 e. The number of nitrogens with zero attached hydrogens (tertiary/aromatic N) is 2. The Hall–Kier alpha value is -2.67. The Labute approximate surface area is 172 Å². The molecule has 29 heavy (non-hydrogen) atoms. The lowest BCUT2D eigenvalue weighted by Crippen LogP contribution is -2.41. The van der Waals surface area contributed by atoms with E-state index in [4.69, 9.17) is 4.74 Å². The number of ether oxygens (including phenoxy) is 1. The van der Waals surface area contributed by atoms with Crippen molar-refractivity contribution in [1.82, 2.24) is 9.13 Å². The molecule has 1 aromatic carbocycles. The van der Waals surface area contributed by atoms with E-state index in [1.165, 1.54) is 25.3 Å². The molecule has 2 aromatic heterocycles. The van der Waals surface area contributed by atoms with Gasteiger partial charge in [-0.1, -0.05) is 30.3 Å². The largest absolute Gasteiger partial charge is 0.465 e. The lowest BCUT2D eigenvalue weighted by atomic mass is 9.97. The van der Waals surface area contributed by atoms with Crippen molar-refractivity contribution < 1.29 is 9.53 Å². The highest BCUT2D eigenvalue weighted by Gasteiger charge is 2.24. The van der Waals surface area contributed by atoms with Gasteiger partial charge in [0.05, 0.1) is 12.0 Å². The highest BCUT2D eigenvalue weighted by atomic mass is 32.1. The minimum atomic E-state index is -0.462. The van der Waals surface area contributed by atoms with Gasteiger partial charge in [0.1, 0.15) is 11.4 Å². The number of fused-ring (bicyclic) bond motifs is 3. The maximum Gasteiger partial charge on any atom is 0.332 e. The van der Waals surface area contributed by atoms with Crippen molar-refractivity contribution in [3.05, 3.63) is 67.2 Å².